The highest BCUT2D eigenvalue weighted by Gasteiger charge is 2.02. The van der Waals surface area contributed by atoms with Crippen molar-refractivity contribution in [3.63, 3.8) is 0 Å². The fourth-order valence-electron chi connectivity index (χ4n) is 1.44. The van der Waals surface area contributed by atoms with Gasteiger partial charge in [0.1, 0.15) is 5.82 Å². The average molecular weight is 233 g/mol. The molecule has 0 heterocycles. The third-order valence-corrected chi connectivity index (χ3v) is 3.39. The molecule has 0 saturated carbocycles. The number of anilines is 1. The summed E-state index contributed by atoms with van der Waals surface area (Å²) in [5.41, 5.74) is 7.53. The van der Waals surface area contributed by atoms with Crippen molar-refractivity contribution in [1.29, 1.82) is 0 Å². The van der Waals surface area contributed by atoms with Crippen molar-refractivity contribution in [3.05, 3.63) is 53.8 Å². The van der Waals surface area contributed by atoms with Crippen LogP contribution in [0.1, 0.15) is 5.56 Å². The summed E-state index contributed by atoms with van der Waals surface area (Å²) < 4.78 is 13.0. The van der Waals surface area contributed by atoms with Crippen LogP contribution in [0.2, 0.25) is 0 Å². The van der Waals surface area contributed by atoms with Gasteiger partial charge in [-0.25, -0.2) is 4.39 Å². The SMILES string of the molecule is Cc1cc(N)ccc1Sc1cccc(F)c1. The summed E-state index contributed by atoms with van der Waals surface area (Å²) in [6, 6.07) is 12.3. The van der Waals surface area contributed by atoms with Crippen molar-refractivity contribution >= 4 is 17.4 Å². The molecule has 2 N–H and O–H groups in total. The standard InChI is InChI=1S/C13H12FNS/c1-9-7-11(15)5-6-13(9)16-12-4-2-3-10(14)8-12/h2-8H,15H2,1H3. The summed E-state index contributed by atoms with van der Waals surface area (Å²) in [5.74, 6) is -0.210. The highest BCUT2D eigenvalue weighted by molar-refractivity contribution is 7.99. The molecule has 1 nitrogen and oxygen atoms in total. The van der Waals surface area contributed by atoms with Gasteiger partial charge in [-0.2, -0.15) is 0 Å². The van der Waals surface area contributed by atoms with Gasteiger partial charge >= 0.3 is 0 Å². The smallest absolute Gasteiger partial charge is 0.124 e. The molecule has 0 aliphatic rings. The molecule has 0 atom stereocenters. The van der Waals surface area contributed by atoms with Gasteiger partial charge in [-0.1, -0.05) is 17.8 Å². The van der Waals surface area contributed by atoms with Crippen molar-refractivity contribution < 1.29 is 4.39 Å². The number of nitrogens with two attached hydrogens (primary N) is 1. The van der Waals surface area contributed by atoms with E-state index in [1.807, 2.05) is 31.2 Å². The van der Waals surface area contributed by atoms with Crippen LogP contribution in [0.15, 0.2) is 52.3 Å². The summed E-state index contributed by atoms with van der Waals surface area (Å²) in [7, 11) is 0. The summed E-state index contributed by atoms with van der Waals surface area (Å²) in [6.07, 6.45) is 0. The molecule has 0 saturated heterocycles. The van der Waals surface area contributed by atoms with Crippen LogP contribution >= 0.6 is 11.8 Å². The molecule has 0 aliphatic carbocycles. The monoisotopic (exact) mass is 233 g/mol. The molecule has 2 aromatic rings. The van der Waals surface area contributed by atoms with Gasteiger partial charge in [0.15, 0.2) is 0 Å². The molecule has 0 aliphatic heterocycles. The molecule has 3 heteroatoms. The van der Waals surface area contributed by atoms with Crippen molar-refractivity contribution in [2.45, 2.75) is 16.7 Å². The minimum Gasteiger partial charge on any atom is -0.399 e. The van der Waals surface area contributed by atoms with Gasteiger partial charge in [-0.15, -0.1) is 0 Å². The normalized spacial score (nSPS) is 10.4. The van der Waals surface area contributed by atoms with Crippen molar-refractivity contribution in [2.24, 2.45) is 0 Å². The molecular formula is C13H12FNS. The molecule has 2 aromatic carbocycles. The molecular weight excluding hydrogens is 221 g/mol. The number of halogens is 1. The van der Waals surface area contributed by atoms with Gasteiger partial charge < -0.3 is 5.73 Å². The lowest BCUT2D eigenvalue weighted by Crippen LogP contribution is -1.87. The zero-order chi connectivity index (χ0) is 11.5. The van der Waals surface area contributed by atoms with Gasteiger partial charge in [-0.3, -0.25) is 0 Å². The third kappa shape index (κ3) is 2.55. The van der Waals surface area contributed by atoms with E-state index >= 15 is 0 Å². The average Bonchev–Trinajstić information content (AvgIpc) is 2.22. The predicted octanol–water partition coefficient (Wildman–Crippen LogP) is 3.87. The Kier molecular flexibility index (Phi) is 3.15. The lowest BCUT2D eigenvalue weighted by molar-refractivity contribution is 0.624. The molecule has 0 amide bonds. The molecule has 0 unspecified atom stereocenters. The molecule has 0 spiro atoms. The van der Waals surface area contributed by atoms with Crippen LogP contribution in [0, 0.1) is 12.7 Å². The summed E-state index contributed by atoms with van der Waals surface area (Å²) >= 11 is 1.54. The third-order valence-electron chi connectivity index (χ3n) is 2.22. The van der Waals surface area contributed by atoms with E-state index in [9.17, 15) is 4.39 Å². The van der Waals surface area contributed by atoms with Crippen LogP contribution in [-0.2, 0) is 0 Å². The first-order valence-electron chi connectivity index (χ1n) is 4.95. The second-order valence-electron chi connectivity index (χ2n) is 3.58. The zero-order valence-corrected chi connectivity index (χ0v) is 9.72. The Balaban J connectivity index is 2.27. The lowest BCUT2D eigenvalue weighted by atomic mass is 10.2. The van der Waals surface area contributed by atoms with Crippen molar-refractivity contribution in [2.75, 3.05) is 5.73 Å². The second kappa shape index (κ2) is 4.58. The second-order valence-corrected chi connectivity index (χ2v) is 4.70. The van der Waals surface area contributed by atoms with Gasteiger partial charge in [0.05, 0.1) is 0 Å². The minimum atomic E-state index is -0.210. The molecule has 2 rings (SSSR count). The van der Waals surface area contributed by atoms with Crippen molar-refractivity contribution in [3.8, 4) is 0 Å². The summed E-state index contributed by atoms with van der Waals surface area (Å²) in [5, 5.41) is 0. The quantitative estimate of drug-likeness (QED) is 0.797. The summed E-state index contributed by atoms with van der Waals surface area (Å²) in [6.45, 7) is 2.00. The van der Waals surface area contributed by atoms with Crippen LogP contribution in [0.5, 0.6) is 0 Å². The number of hydrogen-bond acceptors (Lipinski definition) is 2. The first-order chi connectivity index (χ1) is 7.65. The largest absolute Gasteiger partial charge is 0.399 e. The summed E-state index contributed by atoms with van der Waals surface area (Å²) in [4.78, 5) is 1.99. The fraction of sp³-hybridized carbons (Fsp3) is 0.0769. The molecule has 0 radical (unpaired) electrons. The van der Waals surface area contributed by atoms with E-state index in [-0.39, 0.29) is 5.82 Å². The number of aryl methyl sites for hydroxylation is 1. The van der Waals surface area contributed by atoms with Gasteiger partial charge in [0.25, 0.3) is 0 Å². The predicted molar refractivity (Wildman–Crippen MR) is 66.1 cm³/mol. The maximum atomic E-state index is 13.0. The fourth-order valence-corrected chi connectivity index (χ4v) is 2.37. The molecule has 16 heavy (non-hydrogen) atoms. The van der Waals surface area contributed by atoms with Crippen LogP contribution < -0.4 is 5.73 Å². The molecule has 82 valence electrons. The Morgan fingerprint density at radius 1 is 1.12 bits per heavy atom. The zero-order valence-electron chi connectivity index (χ0n) is 8.91. The first kappa shape index (κ1) is 11.0. The molecule has 0 bridgehead atoms. The molecule has 0 aromatic heterocycles. The van der Waals surface area contributed by atoms with Gasteiger partial charge in [0, 0.05) is 15.5 Å². The highest BCUT2D eigenvalue weighted by atomic mass is 32.2. The van der Waals surface area contributed by atoms with E-state index in [0.717, 1.165) is 21.0 Å². The minimum absolute atomic E-state index is 0.210. The van der Waals surface area contributed by atoms with E-state index in [1.165, 1.54) is 12.1 Å². The number of benzene rings is 2. The van der Waals surface area contributed by atoms with E-state index in [2.05, 4.69) is 0 Å². The number of hydrogen-bond donors (Lipinski definition) is 1. The van der Waals surface area contributed by atoms with E-state index in [4.69, 9.17) is 5.73 Å². The first-order valence-corrected chi connectivity index (χ1v) is 5.76. The van der Waals surface area contributed by atoms with Crippen molar-refractivity contribution in [1.82, 2.24) is 0 Å². The van der Waals surface area contributed by atoms with Crippen LogP contribution in [0.3, 0.4) is 0 Å². The molecule has 0 fully saturated rings. The Morgan fingerprint density at radius 2 is 1.94 bits per heavy atom. The highest BCUT2D eigenvalue weighted by Crippen LogP contribution is 2.31. The maximum absolute atomic E-state index is 13.0. The van der Waals surface area contributed by atoms with Gasteiger partial charge in [0.2, 0.25) is 0 Å². The van der Waals surface area contributed by atoms with E-state index < -0.39 is 0 Å². The van der Waals surface area contributed by atoms with Crippen LogP contribution in [0.4, 0.5) is 10.1 Å². The lowest BCUT2D eigenvalue weighted by Gasteiger charge is -2.06. The number of nitrogen functional groups attached to an aromatic ring is 1. The Hall–Kier alpha value is -1.48. The Morgan fingerprint density at radius 3 is 2.62 bits per heavy atom. The van der Waals surface area contributed by atoms with Crippen LogP contribution in [-0.4, -0.2) is 0 Å². The van der Waals surface area contributed by atoms with Crippen LogP contribution in [0.25, 0.3) is 0 Å². The Bertz CT molecular complexity index is 511. The van der Waals surface area contributed by atoms with E-state index in [0.29, 0.717) is 0 Å². The van der Waals surface area contributed by atoms with Gasteiger partial charge in [-0.05, 0) is 48.9 Å². The maximum Gasteiger partial charge on any atom is 0.124 e. The van der Waals surface area contributed by atoms with E-state index in [1.54, 1.807) is 17.8 Å². The Labute approximate surface area is 98.5 Å². The number of rotatable bonds is 2. The topological polar surface area (TPSA) is 26.0 Å².